The SMILES string of the molecule is CC(C)C(C(=O)[O-])N(CC(O)CO)CC(O)CO.CC[N+](CC)(CC)CC. The van der Waals surface area contributed by atoms with E-state index in [9.17, 15) is 20.1 Å². The van der Waals surface area contributed by atoms with E-state index in [2.05, 4.69) is 27.7 Å². The molecule has 8 nitrogen and oxygen atoms in total. The summed E-state index contributed by atoms with van der Waals surface area (Å²) in [5.41, 5.74) is 0. The number of nitrogens with zero attached hydrogens (tertiary/aromatic N) is 2. The first-order chi connectivity index (χ1) is 12.6. The molecule has 0 fully saturated rings. The van der Waals surface area contributed by atoms with E-state index in [0.717, 1.165) is 0 Å². The van der Waals surface area contributed by atoms with Crippen molar-refractivity contribution in [2.45, 2.75) is 59.8 Å². The summed E-state index contributed by atoms with van der Waals surface area (Å²) in [7, 11) is 0. The van der Waals surface area contributed by atoms with Crippen LogP contribution < -0.4 is 5.11 Å². The molecule has 0 amide bonds. The molecule has 0 aromatic rings. The molecule has 0 saturated heterocycles. The first-order valence-electron chi connectivity index (χ1n) is 9.95. The molecule has 164 valence electrons. The van der Waals surface area contributed by atoms with E-state index >= 15 is 0 Å². The van der Waals surface area contributed by atoms with E-state index in [4.69, 9.17) is 10.2 Å². The zero-order valence-corrected chi connectivity index (χ0v) is 18.0. The molecule has 4 N–H and O–H groups in total. The van der Waals surface area contributed by atoms with Gasteiger partial charge in [0.05, 0.1) is 63.6 Å². The van der Waals surface area contributed by atoms with Gasteiger partial charge in [0.1, 0.15) is 0 Å². The Morgan fingerprint density at radius 3 is 1.37 bits per heavy atom. The molecule has 0 aliphatic carbocycles. The number of hydrogen-bond acceptors (Lipinski definition) is 7. The van der Waals surface area contributed by atoms with Crippen molar-refractivity contribution in [1.82, 2.24) is 4.90 Å². The Kier molecular flexibility index (Phi) is 16.0. The maximum atomic E-state index is 11.1. The molecular formula is C19H42N2O6. The van der Waals surface area contributed by atoms with Gasteiger partial charge in [-0.1, -0.05) is 13.8 Å². The molecule has 8 heteroatoms. The molecule has 0 radical (unpaired) electrons. The van der Waals surface area contributed by atoms with Gasteiger partial charge in [-0.2, -0.15) is 0 Å². The topological polar surface area (TPSA) is 124 Å². The molecule has 0 spiro atoms. The molecule has 27 heavy (non-hydrogen) atoms. The van der Waals surface area contributed by atoms with E-state index in [1.54, 1.807) is 13.8 Å². The van der Waals surface area contributed by atoms with Gasteiger partial charge in [-0.15, -0.1) is 0 Å². The number of aliphatic hydroxyl groups excluding tert-OH is 4. The lowest BCUT2D eigenvalue weighted by Crippen LogP contribution is -2.55. The summed E-state index contributed by atoms with van der Waals surface area (Å²) in [6.45, 7) is 16.3. The van der Waals surface area contributed by atoms with Crippen LogP contribution in [0.15, 0.2) is 0 Å². The molecule has 0 heterocycles. The quantitative estimate of drug-likeness (QED) is 0.285. The van der Waals surface area contributed by atoms with Crippen molar-refractivity contribution in [3.8, 4) is 0 Å². The Morgan fingerprint density at radius 1 is 0.889 bits per heavy atom. The van der Waals surface area contributed by atoms with Crippen LogP contribution in [0.4, 0.5) is 0 Å². The van der Waals surface area contributed by atoms with Crippen molar-refractivity contribution >= 4 is 5.97 Å². The highest BCUT2D eigenvalue weighted by Gasteiger charge is 2.26. The van der Waals surface area contributed by atoms with Gasteiger partial charge in [0.15, 0.2) is 0 Å². The van der Waals surface area contributed by atoms with Crippen molar-refractivity contribution in [2.75, 3.05) is 52.5 Å². The van der Waals surface area contributed by atoms with Crippen LogP contribution in [0, 0.1) is 5.92 Å². The first-order valence-corrected chi connectivity index (χ1v) is 9.95. The summed E-state index contributed by atoms with van der Waals surface area (Å²) in [5, 5.41) is 47.4. The molecule has 3 atom stereocenters. The molecule has 0 aliphatic rings. The maximum absolute atomic E-state index is 11.1. The highest BCUT2D eigenvalue weighted by molar-refractivity contribution is 5.71. The molecule has 0 aliphatic heterocycles. The van der Waals surface area contributed by atoms with Gasteiger partial charge < -0.3 is 34.8 Å². The molecular weight excluding hydrogens is 352 g/mol. The second kappa shape index (κ2) is 15.2. The number of carboxylic acid groups (broad SMARTS) is 1. The Bertz CT molecular complexity index is 348. The van der Waals surface area contributed by atoms with Crippen LogP contribution in [-0.4, -0.2) is 107 Å². The van der Waals surface area contributed by atoms with Crippen molar-refractivity contribution in [3.63, 3.8) is 0 Å². The largest absolute Gasteiger partial charge is 0.548 e. The molecule has 3 unspecified atom stereocenters. The number of carbonyl (C=O) groups is 1. The zero-order valence-electron chi connectivity index (χ0n) is 18.0. The minimum absolute atomic E-state index is 0.121. The second-order valence-electron chi connectivity index (χ2n) is 7.24. The van der Waals surface area contributed by atoms with Crippen molar-refractivity contribution in [2.24, 2.45) is 5.92 Å². The van der Waals surface area contributed by atoms with Crippen LogP contribution in [0.1, 0.15) is 41.5 Å². The standard InChI is InChI=1S/C11H23NO6.C8H20N/c1-7(2)10(11(17)18)12(3-8(15)5-13)4-9(16)6-14;1-5-9(6-2,7-3)8-4/h7-10,13-16H,3-6H2,1-2H3,(H,17,18);5-8H2,1-4H3/q;+1/p-1. The second-order valence-corrected chi connectivity index (χ2v) is 7.24. The molecule has 0 aromatic heterocycles. The van der Waals surface area contributed by atoms with Crippen LogP contribution in [-0.2, 0) is 4.79 Å². The van der Waals surface area contributed by atoms with Crippen LogP contribution in [0.2, 0.25) is 0 Å². The highest BCUT2D eigenvalue weighted by atomic mass is 16.4. The molecule has 0 bridgehead atoms. The minimum atomic E-state index is -1.32. The summed E-state index contributed by atoms with van der Waals surface area (Å²) < 4.78 is 1.28. The normalized spacial score (nSPS) is 15.3. The van der Waals surface area contributed by atoms with Crippen molar-refractivity contribution in [1.29, 1.82) is 0 Å². The van der Waals surface area contributed by atoms with Gasteiger partial charge in [0, 0.05) is 13.1 Å². The van der Waals surface area contributed by atoms with Gasteiger partial charge >= 0.3 is 0 Å². The van der Waals surface area contributed by atoms with Crippen molar-refractivity contribution < 1.29 is 34.8 Å². The van der Waals surface area contributed by atoms with E-state index < -0.39 is 37.4 Å². The smallest absolute Gasteiger partial charge is 0.0897 e. The lowest BCUT2D eigenvalue weighted by molar-refractivity contribution is -0.921. The minimum Gasteiger partial charge on any atom is -0.548 e. The van der Waals surface area contributed by atoms with Gasteiger partial charge in [-0.25, -0.2) is 0 Å². The lowest BCUT2D eigenvalue weighted by Gasteiger charge is -2.36. The Labute approximate surface area is 164 Å². The number of hydrogen-bond donors (Lipinski definition) is 4. The molecule has 0 aromatic carbocycles. The average molecular weight is 395 g/mol. The molecule has 0 rings (SSSR count). The third-order valence-electron chi connectivity index (χ3n) is 5.26. The summed E-state index contributed by atoms with van der Waals surface area (Å²) in [4.78, 5) is 12.4. The first kappa shape index (κ1) is 28.4. The summed E-state index contributed by atoms with van der Waals surface area (Å²) >= 11 is 0. The van der Waals surface area contributed by atoms with Crippen LogP contribution >= 0.6 is 0 Å². The number of carbonyl (C=O) groups excluding carboxylic acids is 1. The summed E-state index contributed by atoms with van der Waals surface area (Å²) in [6.07, 6.45) is -2.23. The Morgan fingerprint density at radius 2 is 1.22 bits per heavy atom. The zero-order chi connectivity index (χ0) is 21.6. The van der Waals surface area contributed by atoms with Crippen LogP contribution in [0.25, 0.3) is 0 Å². The van der Waals surface area contributed by atoms with Gasteiger partial charge in [-0.05, 0) is 33.6 Å². The number of quaternary nitrogens is 1. The number of carboxylic acids is 1. The predicted octanol–water partition coefficient (Wildman–Crippen LogP) is -1.35. The monoisotopic (exact) mass is 394 g/mol. The summed E-state index contributed by atoms with van der Waals surface area (Å²) in [5.74, 6) is -1.62. The summed E-state index contributed by atoms with van der Waals surface area (Å²) in [6, 6.07) is -1.01. The van der Waals surface area contributed by atoms with Crippen LogP contribution in [0.3, 0.4) is 0 Å². The fourth-order valence-electron chi connectivity index (χ4n) is 3.14. The van der Waals surface area contributed by atoms with E-state index in [0.29, 0.717) is 0 Å². The number of aliphatic carboxylic acids is 1. The van der Waals surface area contributed by atoms with Gasteiger partial charge in [0.2, 0.25) is 0 Å². The van der Waals surface area contributed by atoms with E-state index in [-0.39, 0.29) is 19.0 Å². The van der Waals surface area contributed by atoms with Gasteiger partial charge in [0.25, 0.3) is 0 Å². The van der Waals surface area contributed by atoms with Gasteiger partial charge in [-0.3, -0.25) is 4.90 Å². The third kappa shape index (κ3) is 11.0. The fraction of sp³-hybridized carbons (Fsp3) is 0.947. The molecule has 0 saturated carbocycles. The Hall–Kier alpha value is -0.770. The number of aliphatic hydroxyl groups is 4. The predicted molar refractivity (Wildman–Crippen MR) is 104 cm³/mol. The fourth-order valence-corrected chi connectivity index (χ4v) is 3.14. The average Bonchev–Trinajstić information content (AvgIpc) is 2.63. The highest BCUT2D eigenvalue weighted by Crippen LogP contribution is 2.12. The van der Waals surface area contributed by atoms with Crippen molar-refractivity contribution in [3.05, 3.63) is 0 Å². The third-order valence-corrected chi connectivity index (χ3v) is 5.26. The maximum Gasteiger partial charge on any atom is 0.0897 e. The Balaban J connectivity index is 0. The van der Waals surface area contributed by atoms with Crippen LogP contribution in [0.5, 0.6) is 0 Å². The van der Waals surface area contributed by atoms with E-state index in [1.165, 1.54) is 35.6 Å². The number of rotatable bonds is 13. The lowest BCUT2D eigenvalue weighted by atomic mass is 10.0. The van der Waals surface area contributed by atoms with E-state index in [1.807, 2.05) is 0 Å².